The van der Waals surface area contributed by atoms with Crippen LogP contribution in [-0.2, 0) is 16.0 Å². The van der Waals surface area contributed by atoms with E-state index in [2.05, 4.69) is 34.5 Å². The Bertz CT molecular complexity index is 465. The van der Waals surface area contributed by atoms with E-state index in [0.29, 0.717) is 12.6 Å². The van der Waals surface area contributed by atoms with Crippen molar-refractivity contribution >= 4 is 5.91 Å². The molecule has 1 aromatic carbocycles. The molecule has 2 fully saturated rings. The third-order valence-corrected chi connectivity index (χ3v) is 4.71. The Morgan fingerprint density at radius 1 is 1.23 bits per heavy atom. The Labute approximate surface area is 132 Å². The molecule has 0 spiro atoms. The third-order valence-electron chi connectivity index (χ3n) is 4.71. The molecule has 2 unspecified atom stereocenters. The predicted molar refractivity (Wildman–Crippen MR) is 86.7 cm³/mol. The highest BCUT2D eigenvalue weighted by molar-refractivity contribution is 5.80. The van der Waals surface area contributed by atoms with Gasteiger partial charge in [-0.1, -0.05) is 30.3 Å². The van der Waals surface area contributed by atoms with E-state index in [1.54, 1.807) is 0 Å². The van der Waals surface area contributed by atoms with Gasteiger partial charge in [-0.2, -0.15) is 0 Å². The minimum Gasteiger partial charge on any atom is -0.368 e. The van der Waals surface area contributed by atoms with Crippen LogP contribution in [0.4, 0.5) is 0 Å². The lowest BCUT2D eigenvalue weighted by molar-refractivity contribution is -0.130. The van der Waals surface area contributed by atoms with Crippen molar-refractivity contribution in [3.05, 3.63) is 35.9 Å². The summed E-state index contributed by atoms with van der Waals surface area (Å²) < 4.78 is 5.47. The van der Waals surface area contributed by atoms with Gasteiger partial charge in [0.1, 0.15) is 6.10 Å². The topological polar surface area (TPSA) is 41.6 Å². The molecule has 0 radical (unpaired) electrons. The summed E-state index contributed by atoms with van der Waals surface area (Å²) in [5, 5.41) is 3.12. The highest BCUT2D eigenvalue weighted by Gasteiger charge is 2.26. The molecule has 0 bridgehead atoms. The van der Waals surface area contributed by atoms with Crippen molar-refractivity contribution in [2.75, 3.05) is 26.2 Å². The molecule has 4 heteroatoms. The van der Waals surface area contributed by atoms with Gasteiger partial charge in [-0.15, -0.1) is 0 Å². The first kappa shape index (κ1) is 15.5. The standard InChI is InChI=1S/C18H26N2O2/c21-18(17-9-6-12-22-17)19-14-16(20-10-4-5-11-20)13-15-7-2-1-3-8-15/h1-3,7-8,16-17H,4-6,9-14H2,(H,19,21). The summed E-state index contributed by atoms with van der Waals surface area (Å²) in [4.78, 5) is 14.7. The molecule has 3 rings (SSSR count). The molecule has 1 amide bonds. The number of carbonyl (C=O) groups excluding carboxylic acids is 1. The van der Waals surface area contributed by atoms with E-state index >= 15 is 0 Å². The number of nitrogens with one attached hydrogen (secondary N) is 1. The molecule has 0 saturated carbocycles. The number of carbonyl (C=O) groups is 1. The van der Waals surface area contributed by atoms with E-state index in [9.17, 15) is 4.79 Å². The molecule has 0 aromatic heterocycles. The van der Waals surface area contributed by atoms with Crippen molar-refractivity contribution in [3.63, 3.8) is 0 Å². The third kappa shape index (κ3) is 4.08. The molecule has 2 saturated heterocycles. The number of amides is 1. The average molecular weight is 302 g/mol. The quantitative estimate of drug-likeness (QED) is 0.874. The number of hydrogen-bond acceptors (Lipinski definition) is 3. The molecule has 22 heavy (non-hydrogen) atoms. The molecule has 0 aliphatic carbocycles. The van der Waals surface area contributed by atoms with Crippen LogP contribution in [0.3, 0.4) is 0 Å². The van der Waals surface area contributed by atoms with Crippen LogP contribution in [0, 0.1) is 0 Å². The van der Waals surface area contributed by atoms with Crippen LogP contribution in [0.25, 0.3) is 0 Å². The lowest BCUT2D eigenvalue weighted by atomic mass is 10.0. The normalized spacial score (nSPS) is 23.5. The lowest BCUT2D eigenvalue weighted by Gasteiger charge is -2.28. The van der Waals surface area contributed by atoms with Gasteiger partial charge in [0.25, 0.3) is 0 Å². The van der Waals surface area contributed by atoms with Crippen molar-refractivity contribution in [2.24, 2.45) is 0 Å². The van der Waals surface area contributed by atoms with Gasteiger partial charge in [0.2, 0.25) is 5.91 Å². The molecule has 1 N–H and O–H groups in total. The first-order valence-electron chi connectivity index (χ1n) is 8.50. The maximum Gasteiger partial charge on any atom is 0.249 e. The molecule has 2 heterocycles. The molecular weight excluding hydrogens is 276 g/mol. The minimum atomic E-state index is -0.226. The average Bonchev–Trinajstić information content (AvgIpc) is 3.24. The number of benzene rings is 1. The van der Waals surface area contributed by atoms with Gasteiger partial charge in [-0.25, -0.2) is 0 Å². The Morgan fingerprint density at radius 2 is 2.00 bits per heavy atom. The zero-order valence-corrected chi connectivity index (χ0v) is 13.2. The lowest BCUT2D eigenvalue weighted by Crippen LogP contribution is -2.46. The van der Waals surface area contributed by atoms with Crippen LogP contribution in [0.2, 0.25) is 0 Å². The van der Waals surface area contributed by atoms with Gasteiger partial charge in [0.15, 0.2) is 0 Å². The summed E-state index contributed by atoms with van der Waals surface area (Å²) in [6, 6.07) is 10.9. The van der Waals surface area contributed by atoms with Gasteiger partial charge in [0, 0.05) is 19.2 Å². The van der Waals surface area contributed by atoms with E-state index in [0.717, 1.165) is 39.0 Å². The van der Waals surface area contributed by atoms with Crippen LogP contribution in [0.1, 0.15) is 31.2 Å². The van der Waals surface area contributed by atoms with Crippen LogP contribution >= 0.6 is 0 Å². The number of ether oxygens (including phenoxy) is 1. The SMILES string of the molecule is O=C(NCC(Cc1ccccc1)N1CCCC1)C1CCCO1. The van der Waals surface area contributed by atoms with Gasteiger partial charge >= 0.3 is 0 Å². The summed E-state index contributed by atoms with van der Waals surface area (Å²) in [6.07, 6.45) is 5.16. The number of likely N-dealkylation sites (tertiary alicyclic amines) is 1. The molecular formula is C18H26N2O2. The Kier molecular flexibility index (Phi) is 5.46. The molecule has 2 aliphatic heterocycles. The van der Waals surface area contributed by atoms with Crippen molar-refractivity contribution < 1.29 is 9.53 Å². The fourth-order valence-electron chi connectivity index (χ4n) is 3.44. The van der Waals surface area contributed by atoms with Gasteiger partial charge in [0.05, 0.1) is 0 Å². The first-order valence-corrected chi connectivity index (χ1v) is 8.50. The van der Waals surface area contributed by atoms with E-state index in [1.807, 2.05) is 6.07 Å². The molecule has 120 valence electrons. The summed E-state index contributed by atoms with van der Waals surface area (Å²) in [7, 11) is 0. The molecule has 2 aliphatic rings. The fraction of sp³-hybridized carbons (Fsp3) is 0.611. The van der Waals surface area contributed by atoms with E-state index in [4.69, 9.17) is 4.74 Å². The van der Waals surface area contributed by atoms with E-state index in [1.165, 1.54) is 18.4 Å². The Balaban J connectivity index is 1.57. The number of hydrogen-bond donors (Lipinski definition) is 1. The second-order valence-electron chi connectivity index (χ2n) is 6.33. The van der Waals surface area contributed by atoms with Crippen molar-refractivity contribution in [1.82, 2.24) is 10.2 Å². The summed E-state index contributed by atoms with van der Waals surface area (Å²) >= 11 is 0. The van der Waals surface area contributed by atoms with Crippen LogP contribution in [0.15, 0.2) is 30.3 Å². The van der Waals surface area contributed by atoms with Crippen molar-refractivity contribution in [2.45, 2.75) is 44.2 Å². The zero-order chi connectivity index (χ0) is 15.2. The largest absolute Gasteiger partial charge is 0.368 e. The molecule has 1 aromatic rings. The predicted octanol–water partition coefficient (Wildman–Crippen LogP) is 1.99. The molecule has 2 atom stereocenters. The van der Waals surface area contributed by atoms with Crippen LogP contribution in [0.5, 0.6) is 0 Å². The number of nitrogens with zero attached hydrogens (tertiary/aromatic N) is 1. The van der Waals surface area contributed by atoms with Gasteiger partial charge < -0.3 is 10.1 Å². The second kappa shape index (κ2) is 7.75. The second-order valence-corrected chi connectivity index (χ2v) is 6.33. The van der Waals surface area contributed by atoms with E-state index in [-0.39, 0.29) is 12.0 Å². The first-order chi connectivity index (χ1) is 10.8. The van der Waals surface area contributed by atoms with Gasteiger partial charge in [-0.05, 0) is 50.8 Å². The smallest absolute Gasteiger partial charge is 0.249 e. The number of rotatable bonds is 6. The maximum atomic E-state index is 12.2. The van der Waals surface area contributed by atoms with Crippen molar-refractivity contribution in [1.29, 1.82) is 0 Å². The Morgan fingerprint density at radius 3 is 2.68 bits per heavy atom. The monoisotopic (exact) mass is 302 g/mol. The highest BCUT2D eigenvalue weighted by atomic mass is 16.5. The maximum absolute atomic E-state index is 12.2. The van der Waals surface area contributed by atoms with Crippen LogP contribution in [-0.4, -0.2) is 49.2 Å². The highest BCUT2D eigenvalue weighted by Crippen LogP contribution is 2.16. The molecule has 4 nitrogen and oxygen atoms in total. The van der Waals surface area contributed by atoms with Crippen molar-refractivity contribution in [3.8, 4) is 0 Å². The summed E-state index contributed by atoms with van der Waals surface area (Å²) in [5.41, 5.74) is 1.34. The zero-order valence-electron chi connectivity index (χ0n) is 13.2. The van der Waals surface area contributed by atoms with Gasteiger partial charge in [-0.3, -0.25) is 9.69 Å². The fourth-order valence-corrected chi connectivity index (χ4v) is 3.44. The van der Waals surface area contributed by atoms with E-state index < -0.39 is 0 Å². The minimum absolute atomic E-state index is 0.0646. The summed E-state index contributed by atoms with van der Waals surface area (Å²) in [6.45, 7) is 3.73. The Hall–Kier alpha value is -1.39. The summed E-state index contributed by atoms with van der Waals surface area (Å²) in [5.74, 6) is 0.0646. The van der Waals surface area contributed by atoms with Crippen LogP contribution < -0.4 is 5.32 Å².